The molecule has 0 bridgehead atoms. The highest BCUT2D eigenvalue weighted by atomic mass is 35.5. The van der Waals surface area contributed by atoms with E-state index in [1.165, 1.54) is 11.3 Å². The van der Waals surface area contributed by atoms with E-state index in [4.69, 9.17) is 21.4 Å². The first kappa shape index (κ1) is 25.7. The normalized spacial score (nSPS) is 11.9. The SMILES string of the molecule is Cc1cc(Oc2ccc(CCC(=O)O)c(C)c2)cc(C(C)NC(=O)c2sc3ccc(Cl)cc3c2C)c1. The maximum absolute atomic E-state index is 13.1. The molecule has 4 aromatic rings. The van der Waals surface area contributed by atoms with Gasteiger partial charge in [0, 0.05) is 16.1 Å². The van der Waals surface area contributed by atoms with Crippen molar-refractivity contribution in [3.63, 3.8) is 0 Å². The summed E-state index contributed by atoms with van der Waals surface area (Å²) in [5.74, 6) is 0.430. The number of nitrogens with one attached hydrogen (secondary N) is 1. The molecule has 4 rings (SSSR count). The van der Waals surface area contributed by atoms with Gasteiger partial charge in [-0.2, -0.15) is 0 Å². The van der Waals surface area contributed by atoms with E-state index in [0.29, 0.717) is 27.8 Å². The average molecular weight is 522 g/mol. The van der Waals surface area contributed by atoms with Gasteiger partial charge in [-0.1, -0.05) is 23.7 Å². The second-order valence-electron chi connectivity index (χ2n) is 9.06. The van der Waals surface area contributed by atoms with Gasteiger partial charge in [0.2, 0.25) is 0 Å². The molecule has 5 nitrogen and oxygen atoms in total. The molecular formula is C29H28ClNO4S. The number of fused-ring (bicyclic) bond motifs is 1. The Morgan fingerprint density at radius 1 is 1.03 bits per heavy atom. The zero-order valence-electron chi connectivity index (χ0n) is 20.6. The van der Waals surface area contributed by atoms with Crippen LogP contribution in [-0.4, -0.2) is 17.0 Å². The summed E-state index contributed by atoms with van der Waals surface area (Å²) in [5.41, 5.74) is 4.87. The quantitative estimate of drug-likeness (QED) is 0.248. The number of amides is 1. The van der Waals surface area contributed by atoms with E-state index < -0.39 is 5.97 Å². The molecular weight excluding hydrogens is 494 g/mol. The molecule has 0 aliphatic carbocycles. The monoisotopic (exact) mass is 521 g/mol. The molecule has 0 saturated carbocycles. The number of aliphatic carboxylic acids is 1. The van der Waals surface area contributed by atoms with Gasteiger partial charge in [0.1, 0.15) is 11.5 Å². The lowest BCUT2D eigenvalue weighted by Gasteiger charge is -2.17. The fraction of sp³-hybridized carbons (Fsp3) is 0.241. The first-order valence-electron chi connectivity index (χ1n) is 11.7. The largest absolute Gasteiger partial charge is 0.481 e. The van der Waals surface area contributed by atoms with Gasteiger partial charge >= 0.3 is 5.97 Å². The molecule has 1 atom stereocenters. The third-order valence-electron chi connectivity index (χ3n) is 6.18. The van der Waals surface area contributed by atoms with Crippen LogP contribution in [0.1, 0.15) is 56.9 Å². The maximum atomic E-state index is 13.1. The Kier molecular flexibility index (Phi) is 7.67. The van der Waals surface area contributed by atoms with Crippen molar-refractivity contribution in [3.8, 4) is 11.5 Å². The second kappa shape index (κ2) is 10.7. The zero-order chi connectivity index (χ0) is 26.0. The smallest absolute Gasteiger partial charge is 0.303 e. The summed E-state index contributed by atoms with van der Waals surface area (Å²) < 4.78 is 7.16. The van der Waals surface area contributed by atoms with Crippen molar-refractivity contribution in [2.24, 2.45) is 0 Å². The van der Waals surface area contributed by atoms with E-state index in [1.807, 2.05) is 82.3 Å². The third-order valence-corrected chi connectivity index (χ3v) is 7.69. The number of aryl methyl sites for hydroxylation is 4. The highest BCUT2D eigenvalue weighted by Crippen LogP contribution is 2.33. The molecule has 0 aliphatic rings. The molecule has 3 aromatic carbocycles. The Balaban J connectivity index is 1.50. The fourth-order valence-electron chi connectivity index (χ4n) is 4.23. The van der Waals surface area contributed by atoms with Crippen LogP contribution in [0.5, 0.6) is 11.5 Å². The number of rotatable bonds is 8. The Labute approximate surface area is 219 Å². The van der Waals surface area contributed by atoms with Gasteiger partial charge in [0.25, 0.3) is 5.91 Å². The third kappa shape index (κ3) is 5.89. The van der Waals surface area contributed by atoms with Crippen LogP contribution in [0.15, 0.2) is 54.6 Å². The summed E-state index contributed by atoms with van der Waals surface area (Å²) in [6.07, 6.45) is 0.584. The molecule has 0 radical (unpaired) electrons. The molecule has 0 saturated heterocycles. The Morgan fingerprint density at radius 2 is 1.81 bits per heavy atom. The molecule has 1 amide bonds. The van der Waals surface area contributed by atoms with Gasteiger partial charge in [-0.3, -0.25) is 9.59 Å². The molecule has 0 fully saturated rings. The van der Waals surface area contributed by atoms with Gasteiger partial charge in [0.15, 0.2) is 0 Å². The van der Waals surface area contributed by atoms with Crippen molar-refractivity contribution in [3.05, 3.63) is 92.3 Å². The number of carboxylic acid groups (broad SMARTS) is 1. The van der Waals surface area contributed by atoms with Gasteiger partial charge in [-0.25, -0.2) is 0 Å². The first-order valence-corrected chi connectivity index (χ1v) is 12.9. The fourth-order valence-corrected chi connectivity index (χ4v) is 5.50. The van der Waals surface area contributed by atoms with Crippen LogP contribution in [-0.2, 0) is 11.2 Å². The number of hydrogen-bond acceptors (Lipinski definition) is 4. The van der Waals surface area contributed by atoms with Gasteiger partial charge in [0.05, 0.1) is 10.9 Å². The lowest BCUT2D eigenvalue weighted by Crippen LogP contribution is -2.26. The minimum atomic E-state index is -0.810. The van der Waals surface area contributed by atoms with Crippen LogP contribution in [0.2, 0.25) is 5.02 Å². The van der Waals surface area contributed by atoms with E-state index in [1.54, 1.807) is 0 Å². The average Bonchev–Trinajstić information content (AvgIpc) is 3.14. The van der Waals surface area contributed by atoms with Crippen molar-refractivity contribution in [2.75, 3.05) is 0 Å². The van der Waals surface area contributed by atoms with E-state index in [2.05, 4.69) is 5.32 Å². The molecule has 2 N–H and O–H groups in total. The Hall–Kier alpha value is -3.35. The van der Waals surface area contributed by atoms with Crippen molar-refractivity contribution >= 4 is 44.9 Å². The van der Waals surface area contributed by atoms with E-state index in [0.717, 1.165) is 37.9 Å². The van der Waals surface area contributed by atoms with E-state index >= 15 is 0 Å². The topological polar surface area (TPSA) is 75.6 Å². The van der Waals surface area contributed by atoms with Crippen molar-refractivity contribution in [2.45, 2.75) is 46.6 Å². The maximum Gasteiger partial charge on any atom is 0.303 e. The van der Waals surface area contributed by atoms with Crippen LogP contribution in [0.4, 0.5) is 0 Å². The molecule has 0 spiro atoms. The number of ether oxygens (including phenoxy) is 1. The minimum Gasteiger partial charge on any atom is -0.481 e. The number of carbonyl (C=O) groups is 2. The van der Waals surface area contributed by atoms with E-state index in [-0.39, 0.29) is 18.4 Å². The molecule has 0 aliphatic heterocycles. The van der Waals surface area contributed by atoms with Crippen LogP contribution < -0.4 is 10.1 Å². The van der Waals surface area contributed by atoms with Crippen molar-refractivity contribution < 1.29 is 19.4 Å². The number of halogens is 1. The molecule has 7 heteroatoms. The van der Waals surface area contributed by atoms with Gasteiger partial charge < -0.3 is 15.2 Å². The molecule has 36 heavy (non-hydrogen) atoms. The molecule has 1 aromatic heterocycles. The summed E-state index contributed by atoms with van der Waals surface area (Å²) in [4.78, 5) is 24.7. The predicted octanol–water partition coefficient (Wildman–Crippen LogP) is 7.78. The Bertz CT molecular complexity index is 1460. The first-order chi connectivity index (χ1) is 17.1. The number of benzene rings is 3. The molecule has 1 heterocycles. The van der Waals surface area contributed by atoms with Crippen LogP contribution in [0.25, 0.3) is 10.1 Å². The van der Waals surface area contributed by atoms with Gasteiger partial charge in [-0.15, -0.1) is 11.3 Å². The molecule has 186 valence electrons. The van der Waals surface area contributed by atoms with E-state index in [9.17, 15) is 9.59 Å². The standard InChI is InChI=1S/C29H28ClNO4S/c1-16-11-21(14-24(12-16)35-23-8-5-20(17(2)13-23)6-10-27(32)33)19(4)31-29(34)28-18(3)25-15-22(30)7-9-26(25)36-28/h5,7-9,11-15,19H,6,10H2,1-4H3,(H,31,34)(H,32,33). The predicted molar refractivity (Wildman–Crippen MR) is 146 cm³/mol. The molecule has 1 unspecified atom stereocenters. The highest BCUT2D eigenvalue weighted by Gasteiger charge is 2.19. The summed E-state index contributed by atoms with van der Waals surface area (Å²) in [6, 6.07) is 17.1. The van der Waals surface area contributed by atoms with Crippen LogP contribution >= 0.6 is 22.9 Å². The van der Waals surface area contributed by atoms with Crippen LogP contribution in [0, 0.1) is 20.8 Å². The second-order valence-corrected chi connectivity index (χ2v) is 10.5. The highest BCUT2D eigenvalue weighted by molar-refractivity contribution is 7.21. The van der Waals surface area contributed by atoms with Gasteiger partial charge in [-0.05, 0) is 110 Å². The number of hydrogen-bond donors (Lipinski definition) is 2. The Morgan fingerprint density at radius 3 is 2.53 bits per heavy atom. The lowest BCUT2D eigenvalue weighted by atomic mass is 10.0. The van der Waals surface area contributed by atoms with Crippen molar-refractivity contribution in [1.82, 2.24) is 5.32 Å². The lowest BCUT2D eigenvalue weighted by molar-refractivity contribution is -0.136. The summed E-state index contributed by atoms with van der Waals surface area (Å²) in [7, 11) is 0. The minimum absolute atomic E-state index is 0.0979. The van der Waals surface area contributed by atoms with Crippen LogP contribution in [0.3, 0.4) is 0 Å². The zero-order valence-corrected chi connectivity index (χ0v) is 22.2. The number of carboxylic acids is 1. The summed E-state index contributed by atoms with van der Waals surface area (Å²) >= 11 is 7.61. The summed E-state index contributed by atoms with van der Waals surface area (Å²) in [6.45, 7) is 7.85. The summed E-state index contributed by atoms with van der Waals surface area (Å²) in [5, 5.41) is 13.7. The number of thiophene rings is 1. The number of carbonyl (C=O) groups excluding carboxylic acids is 1. The van der Waals surface area contributed by atoms with Crippen molar-refractivity contribution in [1.29, 1.82) is 0 Å².